The molecule has 0 aromatic rings. The predicted molar refractivity (Wildman–Crippen MR) is 226 cm³/mol. The molecule has 3 aliphatic heterocycles. The smallest absolute Gasteiger partial charge is 0.315 e. The first-order valence-electron chi connectivity index (χ1n) is 23.9. The number of aliphatic carboxylic acids is 1. The van der Waals surface area contributed by atoms with Gasteiger partial charge in [-0.1, -0.05) is 46.3 Å². The summed E-state index contributed by atoms with van der Waals surface area (Å²) in [7, 11) is 0. The molecule has 0 unspecified atom stereocenters. The number of carbonyl (C=O) groups excluding carboxylic acids is 1. The number of aliphatic hydroxyl groups excluding tert-OH is 10. The van der Waals surface area contributed by atoms with Crippen LogP contribution < -0.4 is 0 Å². The van der Waals surface area contributed by atoms with Crippen molar-refractivity contribution in [2.45, 2.75) is 198 Å². The van der Waals surface area contributed by atoms with Gasteiger partial charge < -0.3 is 84.6 Å². The lowest BCUT2D eigenvalue weighted by Crippen LogP contribution is -2.67. The van der Waals surface area contributed by atoms with Gasteiger partial charge in [0.15, 0.2) is 12.6 Å². The summed E-state index contributed by atoms with van der Waals surface area (Å²) in [5.41, 5.74) is -2.53. The lowest BCUT2D eigenvalue weighted by atomic mass is 9.33. The zero-order valence-corrected chi connectivity index (χ0v) is 38.8. The van der Waals surface area contributed by atoms with Gasteiger partial charge in [-0.2, -0.15) is 0 Å². The van der Waals surface area contributed by atoms with Crippen LogP contribution in [0.15, 0.2) is 11.6 Å². The van der Waals surface area contributed by atoms with Crippen LogP contribution in [0.3, 0.4) is 0 Å². The number of fused-ring (bicyclic) bond motifs is 7. The van der Waals surface area contributed by atoms with E-state index in [0.717, 1.165) is 0 Å². The number of carbonyl (C=O) groups is 2. The molecule has 23 atom stereocenters. The normalized spacial score (nSPS) is 53.5. The minimum atomic E-state index is -1.84. The first-order chi connectivity index (χ1) is 30.8. The first kappa shape index (κ1) is 50.5. The Labute approximate surface area is 385 Å². The Morgan fingerprint density at radius 2 is 1.32 bits per heavy atom. The van der Waals surface area contributed by atoms with Crippen molar-refractivity contribution in [2.75, 3.05) is 19.8 Å². The number of carboxylic acid groups (broad SMARTS) is 1. The minimum Gasteiger partial charge on any atom is -0.481 e. The maximum atomic E-state index is 14.9. The standard InChI is InChI=1S/C47H74O19/c1-42(2)13-15-47(41(60)66-39-36(57)33(54)31(52)25(64-39)20-62-37-35(56)32(53)30(51)24(18-48)63-37)16-14-44(4)21(22(47)17-42)7-8-26-43(3)11-10-28(65-38-34(55)29(50)23(49)19-61-38)46(6,40(58)59)27(43)9-12-45(26,44)5/h7,22-39,48-57H,8-20H2,1-6H3,(H,58,59)/t22-,23+,24+,25+,26+,27+,28-,29-,30+,31-,32-,33-,34+,35+,36+,37+,38-,39-,43+,44+,45+,46-,47-/m0/s1. The molecule has 19 heteroatoms. The Morgan fingerprint density at radius 1 is 0.697 bits per heavy atom. The monoisotopic (exact) mass is 942 g/mol. The molecule has 66 heavy (non-hydrogen) atoms. The van der Waals surface area contributed by atoms with E-state index >= 15 is 0 Å². The molecule has 11 N–H and O–H groups in total. The van der Waals surface area contributed by atoms with Gasteiger partial charge in [-0.15, -0.1) is 0 Å². The van der Waals surface area contributed by atoms with Gasteiger partial charge in [-0.05, 0) is 111 Å². The number of hydrogen-bond acceptors (Lipinski definition) is 18. The van der Waals surface area contributed by atoms with Crippen LogP contribution in [0.2, 0.25) is 0 Å². The number of rotatable bonds is 9. The number of allylic oxidation sites excluding steroid dienone is 2. The zero-order valence-electron chi connectivity index (χ0n) is 38.8. The van der Waals surface area contributed by atoms with Gasteiger partial charge in [-0.25, -0.2) is 0 Å². The third kappa shape index (κ3) is 7.73. The van der Waals surface area contributed by atoms with Crippen LogP contribution in [-0.2, 0) is 38.0 Å². The number of carboxylic acids is 1. The molecule has 0 amide bonds. The van der Waals surface area contributed by atoms with Gasteiger partial charge in [0.1, 0.15) is 67.1 Å². The van der Waals surface area contributed by atoms with E-state index in [1.54, 1.807) is 6.92 Å². The predicted octanol–water partition coefficient (Wildman–Crippen LogP) is -0.156. The van der Waals surface area contributed by atoms with E-state index in [9.17, 15) is 65.8 Å². The van der Waals surface area contributed by atoms with Crippen LogP contribution in [0.5, 0.6) is 0 Å². The summed E-state index contributed by atoms with van der Waals surface area (Å²) in [5, 5.41) is 116. The molecule has 3 saturated heterocycles. The van der Waals surface area contributed by atoms with Gasteiger partial charge >= 0.3 is 11.9 Å². The average molecular weight is 943 g/mol. The lowest BCUT2D eigenvalue weighted by molar-refractivity contribution is -0.328. The van der Waals surface area contributed by atoms with E-state index in [2.05, 4.69) is 40.7 Å². The first-order valence-corrected chi connectivity index (χ1v) is 23.9. The van der Waals surface area contributed by atoms with Gasteiger partial charge in [-0.3, -0.25) is 9.59 Å². The van der Waals surface area contributed by atoms with Crippen LogP contribution >= 0.6 is 0 Å². The molecule has 0 aromatic heterocycles. The van der Waals surface area contributed by atoms with Crippen molar-refractivity contribution < 1.29 is 94.2 Å². The van der Waals surface area contributed by atoms with E-state index in [-0.39, 0.29) is 35.2 Å². The molecular weight excluding hydrogens is 868 g/mol. The van der Waals surface area contributed by atoms with Crippen molar-refractivity contribution in [1.82, 2.24) is 0 Å². The van der Waals surface area contributed by atoms with Crippen molar-refractivity contribution in [3.8, 4) is 0 Å². The van der Waals surface area contributed by atoms with E-state index in [1.807, 2.05) is 0 Å². The Hall–Kier alpha value is -1.92. The summed E-state index contributed by atoms with van der Waals surface area (Å²) in [6.45, 7) is 11.4. The summed E-state index contributed by atoms with van der Waals surface area (Å²) in [4.78, 5) is 28.5. The zero-order chi connectivity index (χ0) is 48.3. The Kier molecular flexibility index (Phi) is 13.6. The molecule has 0 radical (unpaired) electrons. The van der Waals surface area contributed by atoms with Crippen LogP contribution in [0.1, 0.15) is 106 Å². The van der Waals surface area contributed by atoms with E-state index in [0.29, 0.717) is 64.2 Å². The molecule has 0 bridgehead atoms. The SMILES string of the molecule is CC1(C)CC[C@]2(C(=O)O[C@@H]3O[C@H](CO[C@@H]4O[C@H](CO)[C@@H](O)[C@H](O)[C@H]4O)[C@H](O)[C@H](O)[C@H]3O)CC[C@]3(C)C(=CC[C@@H]4[C@@]5(C)CC[C@H](O[C@@H]6OC[C@@H](O)[C@H](O)[C@H]6O)[C@@](C)(C(=O)O)[C@@H]5CC[C@]43C)[C@@H]2C1. The summed E-state index contributed by atoms with van der Waals surface area (Å²) >= 11 is 0. The largest absolute Gasteiger partial charge is 0.481 e. The summed E-state index contributed by atoms with van der Waals surface area (Å²) < 4.78 is 34.9. The lowest BCUT2D eigenvalue weighted by Gasteiger charge is -2.71. The maximum Gasteiger partial charge on any atom is 0.315 e. The fourth-order valence-electron chi connectivity index (χ4n) is 14.6. The Balaban J connectivity index is 1.03. The second-order valence-corrected chi connectivity index (χ2v) is 22.8. The molecule has 19 nitrogen and oxygen atoms in total. The van der Waals surface area contributed by atoms with Crippen molar-refractivity contribution >= 4 is 11.9 Å². The van der Waals surface area contributed by atoms with Crippen LogP contribution in [0, 0.1) is 50.2 Å². The van der Waals surface area contributed by atoms with Gasteiger partial charge in [0.05, 0.1) is 36.8 Å². The Bertz CT molecular complexity index is 1850. The molecule has 8 aliphatic rings. The molecule has 0 aromatic carbocycles. The van der Waals surface area contributed by atoms with Crippen LogP contribution in [0.25, 0.3) is 0 Å². The molecule has 8 rings (SSSR count). The van der Waals surface area contributed by atoms with Crippen LogP contribution in [-0.4, -0.2) is 180 Å². The summed E-state index contributed by atoms with van der Waals surface area (Å²) in [6.07, 6.45) is -14.7. The molecule has 0 spiro atoms. The highest BCUT2D eigenvalue weighted by Gasteiger charge is 2.71. The van der Waals surface area contributed by atoms with Crippen molar-refractivity contribution in [1.29, 1.82) is 0 Å². The minimum absolute atomic E-state index is 0.0579. The molecule has 5 aliphatic carbocycles. The highest BCUT2D eigenvalue weighted by molar-refractivity contribution is 5.79. The van der Waals surface area contributed by atoms with Gasteiger partial charge in [0, 0.05) is 0 Å². The molecule has 4 saturated carbocycles. The highest BCUT2D eigenvalue weighted by Crippen LogP contribution is 2.76. The second kappa shape index (κ2) is 17.7. The number of esters is 1. The maximum absolute atomic E-state index is 14.9. The van der Waals surface area contributed by atoms with Crippen LogP contribution in [0.4, 0.5) is 0 Å². The highest BCUT2D eigenvalue weighted by atomic mass is 16.7. The van der Waals surface area contributed by atoms with Crippen molar-refractivity contribution in [3.05, 3.63) is 11.6 Å². The van der Waals surface area contributed by atoms with E-state index in [1.165, 1.54) is 5.57 Å². The topological polar surface area (TPSA) is 312 Å². The number of aliphatic hydroxyl groups is 10. The molecule has 3 heterocycles. The van der Waals surface area contributed by atoms with Gasteiger partial charge in [0.25, 0.3) is 0 Å². The third-order valence-electron chi connectivity index (χ3n) is 19.0. The van der Waals surface area contributed by atoms with E-state index < -0.39 is 139 Å². The Morgan fingerprint density at radius 3 is 1.98 bits per heavy atom. The summed E-state index contributed by atoms with van der Waals surface area (Å²) in [6, 6.07) is 0. The van der Waals surface area contributed by atoms with Gasteiger partial charge in [0.2, 0.25) is 6.29 Å². The van der Waals surface area contributed by atoms with E-state index in [4.69, 9.17) is 28.4 Å². The number of ether oxygens (including phenoxy) is 6. The molecule has 376 valence electrons. The quantitative estimate of drug-likeness (QED) is 0.0813. The fourth-order valence-corrected chi connectivity index (χ4v) is 14.6. The third-order valence-corrected chi connectivity index (χ3v) is 19.0. The average Bonchev–Trinajstić information content (AvgIpc) is 3.26. The summed E-state index contributed by atoms with van der Waals surface area (Å²) in [5.74, 6) is -2.13. The fraction of sp³-hybridized carbons (Fsp3) is 0.915. The van der Waals surface area contributed by atoms with Crippen molar-refractivity contribution in [2.24, 2.45) is 50.2 Å². The molecule has 7 fully saturated rings. The van der Waals surface area contributed by atoms with Crippen molar-refractivity contribution in [3.63, 3.8) is 0 Å². The second-order valence-electron chi connectivity index (χ2n) is 22.8. The number of hydrogen-bond donors (Lipinski definition) is 11. The molecular formula is C47H74O19.